The fourth-order valence-corrected chi connectivity index (χ4v) is 4.21. The molecule has 0 spiro atoms. The number of amides is 1. The number of rotatable bonds is 4. The molecule has 1 unspecified atom stereocenters. The molecule has 154 valence electrons. The number of aromatic nitrogens is 2. The fraction of sp³-hybridized carbons (Fsp3) is 0.320. The van der Waals surface area contributed by atoms with E-state index in [9.17, 15) is 9.59 Å². The molecule has 1 saturated heterocycles. The molecular formula is C25H27N3O2. The lowest BCUT2D eigenvalue weighted by atomic mass is 9.76. The van der Waals surface area contributed by atoms with Crippen LogP contribution < -0.4 is 5.56 Å². The second kappa shape index (κ2) is 8.66. The molecule has 2 heterocycles. The molecule has 0 N–H and O–H groups in total. The van der Waals surface area contributed by atoms with Gasteiger partial charge in [0.15, 0.2) is 0 Å². The Morgan fingerprint density at radius 2 is 1.63 bits per heavy atom. The topological polar surface area (TPSA) is 55.2 Å². The van der Waals surface area contributed by atoms with E-state index in [4.69, 9.17) is 0 Å². The van der Waals surface area contributed by atoms with Gasteiger partial charge in [-0.2, -0.15) is 5.10 Å². The predicted molar refractivity (Wildman–Crippen MR) is 118 cm³/mol. The van der Waals surface area contributed by atoms with Gasteiger partial charge in [-0.3, -0.25) is 9.59 Å². The van der Waals surface area contributed by atoms with Crippen molar-refractivity contribution in [3.8, 4) is 0 Å². The van der Waals surface area contributed by atoms with Gasteiger partial charge < -0.3 is 4.90 Å². The number of hydrogen-bond acceptors (Lipinski definition) is 3. The Hall–Kier alpha value is -3.21. The van der Waals surface area contributed by atoms with E-state index in [0.29, 0.717) is 25.3 Å². The maximum absolute atomic E-state index is 13.2. The van der Waals surface area contributed by atoms with Crippen molar-refractivity contribution in [1.82, 2.24) is 14.7 Å². The van der Waals surface area contributed by atoms with Crippen molar-refractivity contribution in [2.24, 2.45) is 0 Å². The summed E-state index contributed by atoms with van der Waals surface area (Å²) in [6.45, 7) is 4.03. The van der Waals surface area contributed by atoms with Crippen molar-refractivity contribution in [2.75, 3.05) is 13.1 Å². The second-order valence-corrected chi connectivity index (χ2v) is 8.27. The van der Waals surface area contributed by atoms with Crippen LogP contribution in [0.25, 0.3) is 0 Å². The lowest BCUT2D eigenvalue weighted by Gasteiger charge is -2.29. The smallest absolute Gasteiger partial charge is 0.274 e. The number of carbonyl (C=O) groups excluding carboxylic acids is 1. The molecule has 5 heteroatoms. The highest BCUT2D eigenvalue weighted by Crippen LogP contribution is 2.35. The van der Waals surface area contributed by atoms with Gasteiger partial charge in [-0.1, -0.05) is 67.6 Å². The minimum atomic E-state index is -0.206. The van der Waals surface area contributed by atoms with Crippen LogP contribution in [-0.4, -0.2) is 33.7 Å². The van der Waals surface area contributed by atoms with Gasteiger partial charge in [0.25, 0.3) is 11.5 Å². The lowest BCUT2D eigenvalue weighted by molar-refractivity contribution is 0.0750. The predicted octanol–water partition coefficient (Wildman–Crippen LogP) is 3.88. The molecule has 1 amide bonds. The van der Waals surface area contributed by atoms with Crippen LogP contribution in [0.4, 0.5) is 0 Å². The maximum Gasteiger partial charge on any atom is 0.274 e. The lowest BCUT2D eigenvalue weighted by Crippen LogP contribution is -2.35. The van der Waals surface area contributed by atoms with Crippen LogP contribution >= 0.6 is 0 Å². The summed E-state index contributed by atoms with van der Waals surface area (Å²) < 4.78 is 1.37. The highest BCUT2D eigenvalue weighted by atomic mass is 16.2. The molecule has 1 aliphatic heterocycles. The van der Waals surface area contributed by atoms with Crippen molar-refractivity contribution in [3.05, 3.63) is 100.0 Å². The Morgan fingerprint density at radius 1 is 0.933 bits per heavy atom. The van der Waals surface area contributed by atoms with Crippen LogP contribution in [0.15, 0.2) is 77.6 Å². The van der Waals surface area contributed by atoms with Gasteiger partial charge in [-0.25, -0.2) is 4.68 Å². The number of benzene rings is 2. The summed E-state index contributed by atoms with van der Waals surface area (Å²) in [5, 5.41) is 4.38. The van der Waals surface area contributed by atoms with Gasteiger partial charge in [0.2, 0.25) is 0 Å². The zero-order valence-electron chi connectivity index (χ0n) is 17.3. The maximum atomic E-state index is 13.2. The average molecular weight is 402 g/mol. The Labute approximate surface area is 177 Å². The van der Waals surface area contributed by atoms with Gasteiger partial charge >= 0.3 is 0 Å². The molecule has 0 aliphatic carbocycles. The molecule has 0 bridgehead atoms. The van der Waals surface area contributed by atoms with Crippen LogP contribution in [0, 0.1) is 0 Å². The first kappa shape index (κ1) is 20.1. The standard InChI is InChI=1S/C25H27N3O2/c1-25(21-11-6-3-7-12-21)15-8-17-27(18-16-25)24(30)22-13-14-23(29)28(26-22)19-20-9-4-2-5-10-20/h2-7,9-14H,8,15-19H2,1H3. The van der Waals surface area contributed by atoms with Gasteiger partial charge in [0.05, 0.1) is 6.54 Å². The van der Waals surface area contributed by atoms with Gasteiger partial charge in [-0.15, -0.1) is 0 Å². The molecule has 1 aliphatic rings. The minimum absolute atomic E-state index is 0.0653. The van der Waals surface area contributed by atoms with Gasteiger partial charge in [0.1, 0.15) is 5.69 Å². The van der Waals surface area contributed by atoms with Crippen molar-refractivity contribution in [2.45, 2.75) is 38.1 Å². The second-order valence-electron chi connectivity index (χ2n) is 8.27. The Bertz CT molecular complexity index is 1060. The van der Waals surface area contributed by atoms with Crippen LogP contribution in [-0.2, 0) is 12.0 Å². The molecule has 1 atom stereocenters. The number of nitrogens with zero attached hydrogens (tertiary/aromatic N) is 3. The molecule has 1 fully saturated rings. The molecule has 30 heavy (non-hydrogen) atoms. The van der Waals surface area contributed by atoms with Gasteiger partial charge in [-0.05, 0) is 41.9 Å². The zero-order valence-corrected chi connectivity index (χ0v) is 17.3. The summed E-state index contributed by atoms with van der Waals surface area (Å²) >= 11 is 0. The van der Waals surface area contributed by atoms with Crippen molar-refractivity contribution < 1.29 is 4.79 Å². The van der Waals surface area contributed by atoms with Crippen molar-refractivity contribution in [3.63, 3.8) is 0 Å². The Balaban J connectivity index is 1.51. The third kappa shape index (κ3) is 4.35. The van der Waals surface area contributed by atoms with Crippen molar-refractivity contribution in [1.29, 1.82) is 0 Å². The normalized spacial score (nSPS) is 19.3. The zero-order chi connectivity index (χ0) is 21.0. The highest BCUT2D eigenvalue weighted by Gasteiger charge is 2.31. The molecule has 2 aromatic carbocycles. The molecule has 3 aromatic rings. The van der Waals surface area contributed by atoms with Crippen LogP contribution in [0.3, 0.4) is 0 Å². The van der Waals surface area contributed by atoms with Crippen LogP contribution in [0.2, 0.25) is 0 Å². The van der Waals surface area contributed by atoms with Gasteiger partial charge in [0, 0.05) is 19.2 Å². The quantitative estimate of drug-likeness (QED) is 0.667. The molecule has 0 saturated carbocycles. The Kier molecular flexibility index (Phi) is 5.79. The van der Waals surface area contributed by atoms with Crippen LogP contribution in [0.5, 0.6) is 0 Å². The van der Waals surface area contributed by atoms with E-state index >= 15 is 0 Å². The minimum Gasteiger partial charge on any atom is -0.337 e. The first-order valence-corrected chi connectivity index (χ1v) is 10.5. The number of hydrogen-bond donors (Lipinski definition) is 0. The fourth-order valence-electron chi connectivity index (χ4n) is 4.21. The van der Waals surface area contributed by atoms with E-state index < -0.39 is 0 Å². The Morgan fingerprint density at radius 3 is 2.37 bits per heavy atom. The summed E-state index contributed by atoms with van der Waals surface area (Å²) in [5.41, 5.74) is 2.49. The summed E-state index contributed by atoms with van der Waals surface area (Å²) in [6, 6.07) is 23.2. The van der Waals surface area contributed by atoms with E-state index in [-0.39, 0.29) is 16.9 Å². The summed E-state index contributed by atoms with van der Waals surface area (Å²) in [5.74, 6) is -0.103. The average Bonchev–Trinajstić information content (AvgIpc) is 2.99. The van der Waals surface area contributed by atoms with E-state index in [2.05, 4.69) is 36.3 Å². The highest BCUT2D eigenvalue weighted by molar-refractivity contribution is 5.92. The first-order valence-electron chi connectivity index (χ1n) is 10.5. The number of likely N-dealkylation sites (tertiary alicyclic amines) is 1. The first-order chi connectivity index (χ1) is 14.5. The largest absolute Gasteiger partial charge is 0.337 e. The summed E-state index contributed by atoms with van der Waals surface area (Å²) in [7, 11) is 0. The van der Waals surface area contributed by atoms with Crippen molar-refractivity contribution >= 4 is 5.91 Å². The van der Waals surface area contributed by atoms with E-state index in [1.165, 1.54) is 16.3 Å². The SMILES string of the molecule is CC1(c2ccccc2)CCCN(C(=O)c2ccc(=O)n(Cc3ccccc3)n2)CC1. The summed E-state index contributed by atoms with van der Waals surface area (Å²) in [6.07, 6.45) is 2.90. The third-order valence-electron chi connectivity index (χ3n) is 6.11. The molecule has 4 rings (SSSR count). The van der Waals surface area contributed by atoms with Crippen LogP contribution in [0.1, 0.15) is 47.8 Å². The molecular weight excluding hydrogens is 374 g/mol. The monoisotopic (exact) mass is 401 g/mol. The van der Waals surface area contributed by atoms with E-state index in [0.717, 1.165) is 24.8 Å². The third-order valence-corrected chi connectivity index (χ3v) is 6.11. The molecule has 5 nitrogen and oxygen atoms in total. The van der Waals surface area contributed by atoms with E-state index in [1.54, 1.807) is 6.07 Å². The molecule has 0 radical (unpaired) electrons. The van der Waals surface area contributed by atoms with E-state index in [1.807, 2.05) is 41.3 Å². The molecule has 1 aromatic heterocycles. The number of carbonyl (C=O) groups is 1. The summed E-state index contributed by atoms with van der Waals surface area (Å²) in [4.78, 5) is 27.3.